The normalized spacial score (nSPS) is 22.8. The monoisotopic (exact) mass is 344 g/mol. The van der Waals surface area contributed by atoms with E-state index in [1.807, 2.05) is 12.1 Å². The molecule has 5 nitrogen and oxygen atoms in total. The van der Waals surface area contributed by atoms with Gasteiger partial charge in [-0.25, -0.2) is 0 Å². The van der Waals surface area contributed by atoms with Crippen molar-refractivity contribution in [3.05, 3.63) is 29.3 Å². The minimum Gasteiger partial charge on any atom is -0.396 e. The van der Waals surface area contributed by atoms with Crippen molar-refractivity contribution in [2.45, 2.75) is 63.8 Å². The Hall–Kier alpha value is -1.88. The lowest BCUT2D eigenvalue weighted by molar-refractivity contribution is -0.122. The van der Waals surface area contributed by atoms with Gasteiger partial charge in [0.2, 0.25) is 11.8 Å². The summed E-state index contributed by atoms with van der Waals surface area (Å²) in [5.74, 6) is 0.338. The Balaban J connectivity index is 1.45. The van der Waals surface area contributed by atoms with E-state index < -0.39 is 0 Å². The second-order valence-electron chi connectivity index (χ2n) is 7.32. The molecule has 1 saturated carbocycles. The third-order valence-electron chi connectivity index (χ3n) is 5.40. The summed E-state index contributed by atoms with van der Waals surface area (Å²) in [6, 6.07) is 6.16. The Kier molecular flexibility index (Phi) is 6.08. The number of hydrogen-bond donors (Lipinski definition) is 3. The molecule has 1 fully saturated rings. The van der Waals surface area contributed by atoms with Crippen LogP contribution in [0, 0.1) is 5.92 Å². The van der Waals surface area contributed by atoms with E-state index >= 15 is 0 Å². The number of nitrogens with one attached hydrogen (secondary N) is 2. The van der Waals surface area contributed by atoms with Gasteiger partial charge in [0.05, 0.1) is 6.42 Å². The maximum Gasteiger partial charge on any atom is 0.228 e. The van der Waals surface area contributed by atoms with Crippen LogP contribution in [-0.2, 0) is 22.4 Å². The number of aliphatic hydroxyl groups excluding tert-OH is 1. The van der Waals surface area contributed by atoms with Gasteiger partial charge in [-0.2, -0.15) is 0 Å². The summed E-state index contributed by atoms with van der Waals surface area (Å²) >= 11 is 0. The molecule has 2 atom stereocenters. The Morgan fingerprint density at radius 1 is 1.24 bits per heavy atom. The van der Waals surface area contributed by atoms with Crippen molar-refractivity contribution >= 4 is 17.5 Å². The highest BCUT2D eigenvalue weighted by atomic mass is 16.3. The smallest absolute Gasteiger partial charge is 0.228 e. The molecule has 1 heterocycles. The molecule has 2 amide bonds. The maximum absolute atomic E-state index is 12.3. The Labute approximate surface area is 149 Å². The number of aryl methyl sites for hydroxylation is 1. The molecule has 2 unspecified atom stereocenters. The van der Waals surface area contributed by atoms with Crippen LogP contribution < -0.4 is 10.6 Å². The average Bonchev–Trinajstić information content (AvgIpc) is 2.81. The van der Waals surface area contributed by atoms with Crippen LogP contribution in [0.5, 0.6) is 0 Å². The zero-order chi connectivity index (χ0) is 17.6. The highest BCUT2D eigenvalue weighted by molar-refractivity contribution is 5.99. The third-order valence-corrected chi connectivity index (χ3v) is 5.40. The van der Waals surface area contributed by atoms with Gasteiger partial charge < -0.3 is 15.7 Å². The molecule has 1 aromatic carbocycles. The molecule has 136 valence electrons. The molecule has 1 aromatic rings. The fraction of sp³-hybridized carbons (Fsp3) is 0.600. The van der Waals surface area contributed by atoms with Gasteiger partial charge in [-0.05, 0) is 42.9 Å². The third kappa shape index (κ3) is 4.82. The van der Waals surface area contributed by atoms with Crippen molar-refractivity contribution in [2.24, 2.45) is 5.92 Å². The van der Waals surface area contributed by atoms with E-state index in [9.17, 15) is 14.7 Å². The number of carbonyl (C=O) groups excluding carboxylic acids is 2. The summed E-state index contributed by atoms with van der Waals surface area (Å²) in [7, 11) is 0. The molecule has 1 aliphatic heterocycles. The number of fused-ring (bicyclic) bond motifs is 1. The van der Waals surface area contributed by atoms with Crippen LogP contribution in [0.1, 0.15) is 56.1 Å². The number of anilines is 1. The lowest BCUT2D eigenvalue weighted by Gasteiger charge is -2.24. The lowest BCUT2D eigenvalue weighted by atomic mass is 9.95. The van der Waals surface area contributed by atoms with Crippen molar-refractivity contribution in [1.82, 2.24) is 5.32 Å². The van der Waals surface area contributed by atoms with Crippen molar-refractivity contribution in [1.29, 1.82) is 0 Å². The van der Waals surface area contributed by atoms with E-state index in [1.54, 1.807) is 0 Å². The van der Waals surface area contributed by atoms with E-state index in [0.717, 1.165) is 49.8 Å². The summed E-state index contributed by atoms with van der Waals surface area (Å²) in [5, 5.41) is 15.5. The second-order valence-corrected chi connectivity index (χ2v) is 7.32. The number of amides is 2. The van der Waals surface area contributed by atoms with Crippen LogP contribution in [0.25, 0.3) is 0 Å². The van der Waals surface area contributed by atoms with Gasteiger partial charge in [0.15, 0.2) is 0 Å². The van der Waals surface area contributed by atoms with E-state index in [1.165, 1.54) is 12.0 Å². The molecule has 0 bridgehead atoms. The first kappa shape index (κ1) is 17.9. The maximum atomic E-state index is 12.3. The van der Waals surface area contributed by atoms with Crippen LogP contribution in [0.2, 0.25) is 0 Å². The predicted octanol–water partition coefficient (Wildman–Crippen LogP) is 2.56. The van der Waals surface area contributed by atoms with Gasteiger partial charge in [0.25, 0.3) is 0 Å². The fourth-order valence-corrected chi connectivity index (χ4v) is 3.96. The average molecular weight is 344 g/mol. The Morgan fingerprint density at radius 2 is 2.08 bits per heavy atom. The molecule has 1 aliphatic carbocycles. The van der Waals surface area contributed by atoms with Gasteiger partial charge in [-0.3, -0.25) is 9.59 Å². The van der Waals surface area contributed by atoms with Gasteiger partial charge in [-0.1, -0.05) is 31.4 Å². The van der Waals surface area contributed by atoms with Crippen LogP contribution in [0.15, 0.2) is 18.2 Å². The molecule has 5 heteroatoms. The standard InChI is InChI=1S/C20H28N2O3/c23-13-15-6-2-1-3-7-17(15)21-19(24)8-4-5-14-9-10-18-16(11-14)12-20(25)22-18/h9-11,15,17,23H,1-8,12-13H2,(H,21,24)(H,22,25). The molecule has 0 radical (unpaired) electrons. The molecule has 0 spiro atoms. The summed E-state index contributed by atoms with van der Waals surface area (Å²) < 4.78 is 0. The Bertz CT molecular complexity index is 629. The molecule has 3 N–H and O–H groups in total. The van der Waals surface area contributed by atoms with Crippen molar-refractivity contribution in [3.8, 4) is 0 Å². The molecular formula is C20H28N2O3. The number of carbonyl (C=O) groups is 2. The number of hydrogen-bond acceptors (Lipinski definition) is 3. The fourth-order valence-electron chi connectivity index (χ4n) is 3.96. The van der Waals surface area contributed by atoms with Crippen molar-refractivity contribution in [3.63, 3.8) is 0 Å². The van der Waals surface area contributed by atoms with E-state index in [-0.39, 0.29) is 30.4 Å². The summed E-state index contributed by atoms with van der Waals surface area (Å²) in [5.41, 5.74) is 3.14. The summed E-state index contributed by atoms with van der Waals surface area (Å²) in [6.45, 7) is 0.160. The first-order chi connectivity index (χ1) is 12.2. The zero-order valence-corrected chi connectivity index (χ0v) is 14.7. The first-order valence-corrected chi connectivity index (χ1v) is 9.47. The molecule has 0 aromatic heterocycles. The largest absolute Gasteiger partial charge is 0.396 e. The first-order valence-electron chi connectivity index (χ1n) is 9.47. The number of rotatable bonds is 6. The predicted molar refractivity (Wildman–Crippen MR) is 97.3 cm³/mol. The lowest BCUT2D eigenvalue weighted by Crippen LogP contribution is -2.41. The van der Waals surface area contributed by atoms with Crippen LogP contribution in [0.4, 0.5) is 5.69 Å². The molecule has 3 rings (SSSR count). The number of aliphatic hydroxyl groups is 1. The van der Waals surface area contributed by atoms with E-state index in [4.69, 9.17) is 0 Å². The summed E-state index contributed by atoms with van der Waals surface area (Å²) in [6.07, 6.45) is 8.03. The topological polar surface area (TPSA) is 78.4 Å². The molecule has 25 heavy (non-hydrogen) atoms. The van der Waals surface area contributed by atoms with Gasteiger partial charge >= 0.3 is 0 Å². The van der Waals surface area contributed by atoms with Crippen molar-refractivity contribution in [2.75, 3.05) is 11.9 Å². The zero-order valence-electron chi connectivity index (χ0n) is 14.7. The quantitative estimate of drug-likeness (QED) is 0.694. The van der Waals surface area contributed by atoms with Crippen LogP contribution in [-0.4, -0.2) is 29.6 Å². The van der Waals surface area contributed by atoms with E-state index in [2.05, 4.69) is 16.7 Å². The highest BCUT2D eigenvalue weighted by Gasteiger charge is 2.24. The molecule has 2 aliphatic rings. The van der Waals surface area contributed by atoms with Gasteiger partial charge in [-0.15, -0.1) is 0 Å². The van der Waals surface area contributed by atoms with Crippen LogP contribution >= 0.6 is 0 Å². The van der Waals surface area contributed by atoms with Gasteiger partial charge in [0.1, 0.15) is 0 Å². The van der Waals surface area contributed by atoms with Crippen molar-refractivity contribution < 1.29 is 14.7 Å². The van der Waals surface area contributed by atoms with Crippen LogP contribution in [0.3, 0.4) is 0 Å². The number of benzene rings is 1. The second kappa shape index (κ2) is 8.48. The highest BCUT2D eigenvalue weighted by Crippen LogP contribution is 2.25. The van der Waals surface area contributed by atoms with E-state index in [0.29, 0.717) is 12.8 Å². The SMILES string of the molecule is O=C1Cc2cc(CCCC(=O)NC3CCCCCC3CO)ccc2N1. The molecular weight excluding hydrogens is 316 g/mol. The molecule has 0 saturated heterocycles. The Morgan fingerprint density at radius 3 is 2.92 bits per heavy atom. The minimum absolute atomic E-state index is 0.0494. The minimum atomic E-state index is 0.0494. The summed E-state index contributed by atoms with van der Waals surface area (Å²) in [4.78, 5) is 23.7. The van der Waals surface area contributed by atoms with Gasteiger partial charge in [0, 0.05) is 30.7 Å².